The first-order valence-corrected chi connectivity index (χ1v) is 9.16. The Labute approximate surface area is 173 Å². The van der Waals surface area contributed by atoms with Crippen LogP contribution in [0.3, 0.4) is 0 Å². The summed E-state index contributed by atoms with van der Waals surface area (Å²) in [7, 11) is 1.65. The van der Waals surface area contributed by atoms with Crippen LogP contribution in [0.2, 0.25) is 0 Å². The van der Waals surface area contributed by atoms with Crippen LogP contribution in [0, 0.1) is 13.8 Å². The molecule has 0 radical (unpaired) electrons. The van der Waals surface area contributed by atoms with Crippen molar-refractivity contribution in [2.45, 2.75) is 51.2 Å². The Morgan fingerprint density at radius 1 is 1.22 bits per heavy atom. The lowest BCUT2D eigenvalue weighted by Gasteiger charge is -2.38. The fourth-order valence-electron chi connectivity index (χ4n) is 3.78. The van der Waals surface area contributed by atoms with Crippen LogP contribution < -0.4 is 15.5 Å². The summed E-state index contributed by atoms with van der Waals surface area (Å²) in [6.07, 6.45) is 3.30. The molecule has 0 aliphatic carbocycles. The molecule has 154 valence electrons. The van der Waals surface area contributed by atoms with E-state index in [1.807, 2.05) is 19.9 Å². The van der Waals surface area contributed by atoms with Gasteiger partial charge in [0.2, 0.25) is 0 Å². The molecular formula is C18H31Cl2N5O2. The van der Waals surface area contributed by atoms with Crippen molar-refractivity contribution in [3.05, 3.63) is 17.6 Å². The van der Waals surface area contributed by atoms with Crippen LogP contribution in [0.5, 0.6) is 0 Å². The van der Waals surface area contributed by atoms with Crippen molar-refractivity contribution in [2.24, 2.45) is 0 Å². The molecule has 0 saturated carbocycles. The normalized spacial score (nSPS) is 19.6. The number of ether oxygens (including phenoxy) is 1. The average molecular weight is 420 g/mol. The van der Waals surface area contributed by atoms with E-state index in [1.54, 1.807) is 7.11 Å². The Kier molecular flexibility index (Phi) is 9.21. The fraction of sp³-hybridized carbons (Fsp3) is 0.722. The van der Waals surface area contributed by atoms with Gasteiger partial charge in [0.15, 0.2) is 0 Å². The lowest BCUT2D eigenvalue weighted by Crippen LogP contribution is -2.57. The van der Waals surface area contributed by atoms with Crippen LogP contribution in [0.25, 0.3) is 0 Å². The predicted octanol–water partition coefficient (Wildman–Crippen LogP) is 1.79. The number of piperidine rings is 2. The third-order valence-corrected chi connectivity index (χ3v) is 5.32. The zero-order chi connectivity index (χ0) is 17.9. The number of amides is 1. The van der Waals surface area contributed by atoms with E-state index in [0.717, 1.165) is 69.2 Å². The largest absolute Gasteiger partial charge is 0.368 e. The Morgan fingerprint density at radius 2 is 1.85 bits per heavy atom. The van der Waals surface area contributed by atoms with Crippen LogP contribution in [-0.2, 0) is 9.53 Å². The van der Waals surface area contributed by atoms with Crippen LogP contribution in [-0.4, -0.2) is 60.8 Å². The molecule has 2 aliphatic heterocycles. The molecule has 1 aromatic rings. The molecule has 2 saturated heterocycles. The van der Waals surface area contributed by atoms with Crippen molar-refractivity contribution in [1.82, 2.24) is 20.6 Å². The number of methoxy groups -OCH3 is 1. The van der Waals surface area contributed by atoms with Gasteiger partial charge in [-0.25, -0.2) is 9.97 Å². The van der Waals surface area contributed by atoms with Gasteiger partial charge in [-0.3, -0.25) is 4.79 Å². The maximum absolute atomic E-state index is 12.8. The summed E-state index contributed by atoms with van der Waals surface area (Å²) in [5.74, 6) is 1.84. The van der Waals surface area contributed by atoms with Gasteiger partial charge in [-0.1, -0.05) is 0 Å². The first-order chi connectivity index (χ1) is 12.0. The summed E-state index contributed by atoms with van der Waals surface area (Å²) < 4.78 is 5.62. The Hall–Kier alpha value is -1.15. The van der Waals surface area contributed by atoms with Crippen molar-refractivity contribution in [2.75, 3.05) is 38.2 Å². The zero-order valence-corrected chi connectivity index (χ0v) is 17.9. The molecule has 3 rings (SSSR count). The highest BCUT2D eigenvalue weighted by molar-refractivity contribution is 5.86. The maximum Gasteiger partial charge on any atom is 0.252 e. The predicted molar refractivity (Wildman–Crippen MR) is 111 cm³/mol. The van der Waals surface area contributed by atoms with Crippen LogP contribution in [0.1, 0.15) is 37.2 Å². The van der Waals surface area contributed by atoms with E-state index in [-0.39, 0.29) is 36.8 Å². The molecule has 3 heterocycles. The standard InChI is InChI=1S/C18H29N5O2.2ClH/c1-13-12-16(21-14(2)20-13)23-10-4-15(5-11-23)22-17(24)18(25-3)6-8-19-9-7-18;;/h12,15,19H,4-11H2,1-3H3,(H,22,24);2*1H. The number of halogens is 2. The van der Waals surface area contributed by atoms with E-state index in [9.17, 15) is 4.79 Å². The Bertz CT molecular complexity index is 598. The summed E-state index contributed by atoms with van der Waals surface area (Å²) in [6.45, 7) is 7.35. The fourth-order valence-corrected chi connectivity index (χ4v) is 3.78. The number of carbonyl (C=O) groups is 1. The van der Waals surface area contributed by atoms with E-state index in [1.165, 1.54) is 0 Å². The zero-order valence-electron chi connectivity index (χ0n) is 16.3. The van der Waals surface area contributed by atoms with Crippen molar-refractivity contribution in [1.29, 1.82) is 0 Å². The number of carbonyl (C=O) groups excluding carboxylic acids is 1. The molecule has 0 spiro atoms. The van der Waals surface area contributed by atoms with Gasteiger partial charge >= 0.3 is 0 Å². The maximum atomic E-state index is 12.8. The highest BCUT2D eigenvalue weighted by Gasteiger charge is 2.40. The summed E-state index contributed by atoms with van der Waals surface area (Å²) in [5, 5.41) is 6.51. The van der Waals surface area contributed by atoms with Gasteiger partial charge in [0.25, 0.3) is 5.91 Å². The summed E-state index contributed by atoms with van der Waals surface area (Å²) in [5.41, 5.74) is 0.328. The van der Waals surface area contributed by atoms with Gasteiger partial charge < -0.3 is 20.3 Å². The number of aryl methyl sites for hydroxylation is 2. The second kappa shape index (κ2) is 10.4. The van der Waals surface area contributed by atoms with E-state index >= 15 is 0 Å². The monoisotopic (exact) mass is 419 g/mol. The molecule has 27 heavy (non-hydrogen) atoms. The molecule has 0 atom stereocenters. The van der Waals surface area contributed by atoms with Crippen molar-refractivity contribution >= 4 is 36.5 Å². The lowest BCUT2D eigenvalue weighted by molar-refractivity contribution is -0.147. The summed E-state index contributed by atoms with van der Waals surface area (Å²) >= 11 is 0. The minimum Gasteiger partial charge on any atom is -0.368 e. The number of rotatable bonds is 4. The Balaban J connectivity index is 0.00000182. The molecule has 0 aromatic carbocycles. The van der Waals surface area contributed by atoms with Gasteiger partial charge in [0.05, 0.1) is 0 Å². The van der Waals surface area contributed by atoms with Gasteiger partial charge in [0.1, 0.15) is 17.2 Å². The summed E-state index contributed by atoms with van der Waals surface area (Å²) in [6, 6.07) is 2.23. The highest BCUT2D eigenvalue weighted by Crippen LogP contribution is 2.24. The third-order valence-electron chi connectivity index (χ3n) is 5.32. The number of anilines is 1. The van der Waals surface area contributed by atoms with Crippen LogP contribution in [0.15, 0.2) is 6.07 Å². The molecule has 1 amide bonds. The smallest absolute Gasteiger partial charge is 0.252 e. The Morgan fingerprint density at radius 3 is 2.41 bits per heavy atom. The number of aromatic nitrogens is 2. The molecule has 9 heteroatoms. The minimum absolute atomic E-state index is 0. The summed E-state index contributed by atoms with van der Waals surface area (Å²) in [4.78, 5) is 23.9. The van der Waals surface area contributed by atoms with E-state index in [0.29, 0.717) is 0 Å². The number of nitrogens with zero attached hydrogens (tertiary/aromatic N) is 3. The van der Waals surface area contributed by atoms with Gasteiger partial charge in [-0.05, 0) is 52.6 Å². The molecule has 7 nitrogen and oxygen atoms in total. The molecule has 0 unspecified atom stereocenters. The third kappa shape index (κ3) is 5.67. The van der Waals surface area contributed by atoms with Gasteiger partial charge in [0, 0.05) is 38.0 Å². The van der Waals surface area contributed by atoms with Gasteiger partial charge in [-0.2, -0.15) is 0 Å². The molecule has 2 N–H and O–H groups in total. The number of hydrogen-bond donors (Lipinski definition) is 2. The average Bonchev–Trinajstić information content (AvgIpc) is 2.62. The molecule has 2 fully saturated rings. The molecule has 2 aliphatic rings. The SMILES string of the molecule is COC1(C(=O)NC2CCN(c3cc(C)nc(C)n3)CC2)CCNCC1.Cl.Cl. The van der Waals surface area contributed by atoms with Crippen LogP contribution >= 0.6 is 24.8 Å². The second-order valence-electron chi connectivity index (χ2n) is 7.10. The van der Waals surface area contributed by atoms with Crippen molar-refractivity contribution in [3.63, 3.8) is 0 Å². The lowest BCUT2D eigenvalue weighted by atomic mass is 9.90. The topological polar surface area (TPSA) is 79.4 Å². The van der Waals surface area contributed by atoms with E-state index in [4.69, 9.17) is 4.74 Å². The molecular weight excluding hydrogens is 389 g/mol. The van der Waals surface area contributed by atoms with Gasteiger partial charge in [-0.15, -0.1) is 24.8 Å². The number of nitrogens with one attached hydrogen (secondary N) is 2. The molecule has 0 bridgehead atoms. The number of hydrogen-bond acceptors (Lipinski definition) is 6. The van der Waals surface area contributed by atoms with Crippen molar-refractivity contribution in [3.8, 4) is 0 Å². The minimum atomic E-state index is -0.663. The van der Waals surface area contributed by atoms with E-state index < -0.39 is 5.60 Å². The quantitative estimate of drug-likeness (QED) is 0.774. The van der Waals surface area contributed by atoms with E-state index in [2.05, 4.69) is 25.5 Å². The van der Waals surface area contributed by atoms with Crippen molar-refractivity contribution < 1.29 is 9.53 Å². The molecule has 1 aromatic heterocycles. The highest BCUT2D eigenvalue weighted by atomic mass is 35.5. The first-order valence-electron chi connectivity index (χ1n) is 9.16. The second-order valence-corrected chi connectivity index (χ2v) is 7.10. The van der Waals surface area contributed by atoms with Crippen LogP contribution in [0.4, 0.5) is 5.82 Å². The first kappa shape index (κ1) is 23.9.